The van der Waals surface area contributed by atoms with Gasteiger partial charge in [0, 0.05) is 17.3 Å². The minimum absolute atomic E-state index is 0.0403. The molecule has 1 unspecified atom stereocenters. The first kappa shape index (κ1) is 15.5. The van der Waals surface area contributed by atoms with E-state index in [4.69, 9.17) is 0 Å². The van der Waals surface area contributed by atoms with Gasteiger partial charge in [-0.25, -0.2) is 4.98 Å². The van der Waals surface area contributed by atoms with Crippen LogP contribution in [0.25, 0.3) is 0 Å². The van der Waals surface area contributed by atoms with Gasteiger partial charge in [-0.1, -0.05) is 11.8 Å². The predicted octanol–water partition coefficient (Wildman–Crippen LogP) is 2.22. The Hall–Kier alpha value is -1.87. The van der Waals surface area contributed by atoms with E-state index in [1.807, 2.05) is 6.07 Å². The van der Waals surface area contributed by atoms with Gasteiger partial charge in [0.25, 0.3) is 0 Å². The maximum absolute atomic E-state index is 12.0. The van der Waals surface area contributed by atoms with Crippen molar-refractivity contribution in [2.24, 2.45) is 0 Å². The molecule has 0 saturated heterocycles. The van der Waals surface area contributed by atoms with Crippen LogP contribution < -0.4 is 5.32 Å². The Labute approximate surface area is 128 Å². The van der Waals surface area contributed by atoms with Gasteiger partial charge in [0.05, 0.1) is 10.8 Å². The number of aryl methyl sites for hydroxylation is 1. The maximum Gasteiger partial charge on any atom is 0.233 e. The number of nitrogens with one attached hydrogen (secondary N) is 1. The summed E-state index contributed by atoms with van der Waals surface area (Å²) in [5.74, 6) is -0.158. The molecule has 1 atom stereocenters. The zero-order chi connectivity index (χ0) is 15.6. The number of ketones is 1. The summed E-state index contributed by atoms with van der Waals surface area (Å²) in [5.41, 5.74) is 1.37. The highest BCUT2D eigenvalue weighted by Crippen LogP contribution is 2.28. The first-order valence-corrected chi connectivity index (χ1v) is 7.70. The first-order valence-electron chi connectivity index (χ1n) is 6.82. The summed E-state index contributed by atoms with van der Waals surface area (Å²) in [6, 6.07) is 3.91. The fourth-order valence-corrected chi connectivity index (χ4v) is 2.81. The SMILES string of the molecule is CC(=O)c1cc(C#N)c(SC(C)C(=O)NC2CC2)nc1C. The summed E-state index contributed by atoms with van der Waals surface area (Å²) < 4.78 is 0. The van der Waals surface area contributed by atoms with Gasteiger partial charge in [-0.05, 0) is 39.7 Å². The van der Waals surface area contributed by atoms with Crippen LogP contribution in [0.2, 0.25) is 0 Å². The van der Waals surface area contributed by atoms with E-state index in [9.17, 15) is 14.9 Å². The van der Waals surface area contributed by atoms with Gasteiger partial charge in [-0.15, -0.1) is 0 Å². The van der Waals surface area contributed by atoms with Gasteiger partial charge in [0.1, 0.15) is 11.1 Å². The molecule has 0 aliphatic heterocycles. The molecule has 0 bridgehead atoms. The molecule has 1 aromatic heterocycles. The number of thioether (sulfide) groups is 1. The molecule has 1 saturated carbocycles. The van der Waals surface area contributed by atoms with Crippen LogP contribution in [-0.2, 0) is 4.79 Å². The van der Waals surface area contributed by atoms with Crippen molar-refractivity contribution in [3.63, 3.8) is 0 Å². The number of Topliss-reactive ketones (excluding diaryl/α,β-unsaturated/α-hetero) is 1. The molecular formula is C15H17N3O2S. The van der Waals surface area contributed by atoms with Gasteiger partial charge in [-0.2, -0.15) is 5.26 Å². The molecule has 0 aromatic carbocycles. The van der Waals surface area contributed by atoms with E-state index < -0.39 is 0 Å². The van der Waals surface area contributed by atoms with Crippen molar-refractivity contribution in [3.8, 4) is 6.07 Å². The summed E-state index contributed by atoms with van der Waals surface area (Å²) in [4.78, 5) is 27.8. The third-order valence-corrected chi connectivity index (χ3v) is 4.36. The standard InChI is InChI=1S/C15H17N3O2S/c1-8-13(9(2)19)6-11(7-16)15(17-8)21-10(3)14(20)18-12-4-5-12/h6,10,12H,4-5H2,1-3H3,(H,18,20). The quantitative estimate of drug-likeness (QED) is 0.666. The number of hydrogen-bond donors (Lipinski definition) is 1. The van der Waals surface area contributed by atoms with E-state index in [1.54, 1.807) is 19.9 Å². The van der Waals surface area contributed by atoms with Crippen molar-refractivity contribution in [1.82, 2.24) is 10.3 Å². The fraction of sp³-hybridized carbons (Fsp3) is 0.467. The van der Waals surface area contributed by atoms with Gasteiger partial charge in [0.2, 0.25) is 5.91 Å². The van der Waals surface area contributed by atoms with Crippen molar-refractivity contribution in [3.05, 3.63) is 22.9 Å². The molecule has 5 nitrogen and oxygen atoms in total. The average molecular weight is 303 g/mol. The Morgan fingerprint density at radius 3 is 2.71 bits per heavy atom. The van der Waals surface area contributed by atoms with Crippen LogP contribution in [0.4, 0.5) is 0 Å². The molecule has 1 fully saturated rings. The molecule has 0 radical (unpaired) electrons. The molecule has 1 aliphatic carbocycles. The summed E-state index contributed by atoms with van der Waals surface area (Å²) in [7, 11) is 0. The Morgan fingerprint density at radius 2 is 2.19 bits per heavy atom. The van der Waals surface area contributed by atoms with Crippen LogP contribution in [0.3, 0.4) is 0 Å². The molecule has 1 amide bonds. The van der Waals surface area contributed by atoms with Crippen LogP contribution in [0, 0.1) is 18.3 Å². The second-order valence-electron chi connectivity index (χ2n) is 5.18. The molecule has 2 rings (SSSR count). The number of carbonyl (C=O) groups is 2. The second kappa shape index (κ2) is 6.27. The van der Waals surface area contributed by atoms with Crippen LogP contribution in [-0.4, -0.2) is 28.0 Å². The molecule has 110 valence electrons. The topological polar surface area (TPSA) is 82.8 Å². The first-order chi connectivity index (χ1) is 9.92. The smallest absolute Gasteiger partial charge is 0.233 e. The van der Waals surface area contributed by atoms with E-state index in [1.165, 1.54) is 18.7 Å². The van der Waals surface area contributed by atoms with Crippen LogP contribution in [0.15, 0.2) is 11.1 Å². The lowest BCUT2D eigenvalue weighted by molar-refractivity contribution is -0.120. The number of nitriles is 1. The molecule has 0 spiro atoms. The normalized spacial score (nSPS) is 15.1. The number of carbonyl (C=O) groups excluding carboxylic acids is 2. The van der Waals surface area contributed by atoms with Gasteiger partial charge >= 0.3 is 0 Å². The zero-order valence-corrected chi connectivity index (χ0v) is 13.1. The lowest BCUT2D eigenvalue weighted by atomic mass is 10.1. The van der Waals surface area contributed by atoms with Crippen molar-refractivity contribution in [1.29, 1.82) is 5.26 Å². The summed E-state index contributed by atoms with van der Waals surface area (Å²) in [6.07, 6.45) is 2.08. The second-order valence-corrected chi connectivity index (χ2v) is 6.51. The lowest BCUT2D eigenvalue weighted by Gasteiger charge is -2.13. The van der Waals surface area contributed by atoms with E-state index in [-0.39, 0.29) is 16.9 Å². The minimum atomic E-state index is -0.326. The third kappa shape index (κ3) is 3.82. The van der Waals surface area contributed by atoms with Crippen LogP contribution >= 0.6 is 11.8 Å². The van der Waals surface area contributed by atoms with Gasteiger partial charge in [-0.3, -0.25) is 9.59 Å². The molecule has 1 aliphatic rings. The van der Waals surface area contributed by atoms with Gasteiger partial charge in [0.15, 0.2) is 5.78 Å². The van der Waals surface area contributed by atoms with Gasteiger partial charge < -0.3 is 5.32 Å². The lowest BCUT2D eigenvalue weighted by Crippen LogP contribution is -2.32. The minimum Gasteiger partial charge on any atom is -0.352 e. The van der Waals surface area contributed by atoms with Crippen molar-refractivity contribution < 1.29 is 9.59 Å². The highest BCUT2D eigenvalue weighted by Gasteiger charge is 2.26. The van der Waals surface area contributed by atoms with Crippen LogP contribution in [0.1, 0.15) is 48.3 Å². The van der Waals surface area contributed by atoms with Crippen molar-refractivity contribution in [2.75, 3.05) is 0 Å². The van der Waals surface area contributed by atoms with E-state index >= 15 is 0 Å². The largest absolute Gasteiger partial charge is 0.352 e. The fourth-order valence-electron chi connectivity index (χ4n) is 1.88. The number of nitrogens with zero attached hydrogens (tertiary/aromatic N) is 2. The molecule has 1 N–H and O–H groups in total. The summed E-state index contributed by atoms with van der Waals surface area (Å²) >= 11 is 1.25. The number of amides is 1. The molecule has 6 heteroatoms. The average Bonchev–Trinajstić information content (AvgIpc) is 3.22. The van der Waals surface area contributed by atoms with E-state index in [0.29, 0.717) is 27.9 Å². The number of hydrogen-bond acceptors (Lipinski definition) is 5. The Bertz CT molecular complexity index is 633. The highest BCUT2D eigenvalue weighted by molar-refractivity contribution is 8.00. The molecule has 21 heavy (non-hydrogen) atoms. The summed E-state index contributed by atoms with van der Waals surface area (Å²) in [6.45, 7) is 4.97. The molecule has 1 heterocycles. The maximum atomic E-state index is 12.0. The third-order valence-electron chi connectivity index (χ3n) is 3.26. The number of aromatic nitrogens is 1. The number of rotatable bonds is 5. The zero-order valence-electron chi connectivity index (χ0n) is 12.3. The van der Waals surface area contributed by atoms with Crippen molar-refractivity contribution >= 4 is 23.5 Å². The number of pyridine rings is 1. The Balaban J connectivity index is 2.18. The summed E-state index contributed by atoms with van der Waals surface area (Å²) in [5, 5.41) is 12.3. The van der Waals surface area contributed by atoms with Crippen molar-refractivity contribution in [2.45, 2.75) is 49.9 Å². The van der Waals surface area contributed by atoms with E-state index in [0.717, 1.165) is 12.8 Å². The Kier molecular flexibility index (Phi) is 4.63. The predicted molar refractivity (Wildman–Crippen MR) is 80.2 cm³/mol. The Morgan fingerprint density at radius 1 is 1.52 bits per heavy atom. The highest BCUT2D eigenvalue weighted by atomic mass is 32.2. The monoisotopic (exact) mass is 303 g/mol. The molecule has 1 aromatic rings. The molecular weight excluding hydrogens is 286 g/mol. The van der Waals surface area contributed by atoms with Crippen LogP contribution in [0.5, 0.6) is 0 Å². The van der Waals surface area contributed by atoms with E-state index in [2.05, 4.69) is 10.3 Å².